The van der Waals surface area contributed by atoms with E-state index in [4.69, 9.17) is 0 Å². The Hall–Kier alpha value is -2.48. The molecule has 0 aromatic heterocycles. The summed E-state index contributed by atoms with van der Waals surface area (Å²) in [5.74, 6) is -2.22. The van der Waals surface area contributed by atoms with Crippen LogP contribution in [0.1, 0.15) is 31.2 Å². The number of nitrogens with one attached hydrogen (secondary N) is 1. The third-order valence-electron chi connectivity index (χ3n) is 4.33. The maximum absolute atomic E-state index is 13.4. The molecule has 0 saturated carbocycles. The summed E-state index contributed by atoms with van der Waals surface area (Å²) in [7, 11) is -3.69. The minimum atomic E-state index is -3.69. The second-order valence-electron chi connectivity index (χ2n) is 6.65. The molecule has 2 aromatic carbocycles. The maximum atomic E-state index is 13.4. The van der Waals surface area contributed by atoms with E-state index < -0.39 is 21.7 Å². The van der Waals surface area contributed by atoms with Crippen molar-refractivity contribution < 1.29 is 22.0 Å². The molecule has 0 aliphatic heterocycles. The molecule has 1 amide bonds. The minimum absolute atomic E-state index is 0.00837. The van der Waals surface area contributed by atoms with E-state index in [1.807, 2.05) is 37.3 Å². The summed E-state index contributed by atoms with van der Waals surface area (Å²) < 4.78 is 51.5. The Bertz CT molecular complexity index is 905. The van der Waals surface area contributed by atoms with Crippen molar-refractivity contribution in [2.24, 2.45) is 0 Å². The van der Waals surface area contributed by atoms with Gasteiger partial charge in [0.1, 0.15) is 0 Å². The van der Waals surface area contributed by atoms with Crippen LogP contribution in [0.4, 0.5) is 14.5 Å². The fraction of sp³-hybridized carbons (Fsp3) is 0.350. The molecular formula is C20H24F2N2O3S. The average Bonchev–Trinajstić information content (AvgIpc) is 2.65. The molecule has 152 valence electrons. The van der Waals surface area contributed by atoms with Crippen molar-refractivity contribution in [1.82, 2.24) is 5.32 Å². The Morgan fingerprint density at radius 3 is 2.39 bits per heavy atom. The highest BCUT2D eigenvalue weighted by Gasteiger charge is 2.19. The highest BCUT2D eigenvalue weighted by molar-refractivity contribution is 7.92. The number of amides is 1. The number of carbonyl (C=O) groups excluding carboxylic acids is 1. The van der Waals surface area contributed by atoms with Crippen LogP contribution in [0.2, 0.25) is 0 Å². The van der Waals surface area contributed by atoms with Crippen molar-refractivity contribution in [2.45, 2.75) is 25.7 Å². The monoisotopic (exact) mass is 410 g/mol. The van der Waals surface area contributed by atoms with Gasteiger partial charge in [-0.05, 0) is 30.0 Å². The Kier molecular flexibility index (Phi) is 7.51. The van der Waals surface area contributed by atoms with Gasteiger partial charge in [-0.1, -0.05) is 37.3 Å². The lowest BCUT2D eigenvalue weighted by Gasteiger charge is -2.22. The van der Waals surface area contributed by atoms with Crippen LogP contribution in [0.15, 0.2) is 48.5 Å². The van der Waals surface area contributed by atoms with Crippen molar-refractivity contribution in [3.05, 3.63) is 65.7 Å². The molecule has 0 heterocycles. The molecule has 0 aliphatic carbocycles. The van der Waals surface area contributed by atoms with Crippen LogP contribution >= 0.6 is 0 Å². The number of rotatable bonds is 9. The van der Waals surface area contributed by atoms with E-state index in [-0.39, 0.29) is 36.9 Å². The molecule has 0 unspecified atom stereocenters. The van der Waals surface area contributed by atoms with Crippen LogP contribution in [-0.2, 0) is 14.8 Å². The van der Waals surface area contributed by atoms with Crippen molar-refractivity contribution in [3.8, 4) is 0 Å². The number of anilines is 1. The van der Waals surface area contributed by atoms with Gasteiger partial charge in [0, 0.05) is 25.6 Å². The van der Waals surface area contributed by atoms with Crippen molar-refractivity contribution in [1.29, 1.82) is 0 Å². The van der Waals surface area contributed by atoms with Gasteiger partial charge in [0.2, 0.25) is 15.9 Å². The first kappa shape index (κ1) is 21.8. The molecule has 0 saturated heterocycles. The summed E-state index contributed by atoms with van der Waals surface area (Å²) in [6.07, 6.45) is 1.35. The normalized spacial score (nSPS) is 12.4. The van der Waals surface area contributed by atoms with E-state index in [0.29, 0.717) is 6.54 Å². The first-order valence-electron chi connectivity index (χ1n) is 8.93. The fourth-order valence-corrected chi connectivity index (χ4v) is 3.72. The zero-order chi connectivity index (χ0) is 20.7. The lowest BCUT2D eigenvalue weighted by Crippen LogP contribution is -2.32. The number of nitrogens with zero attached hydrogens (tertiary/aromatic N) is 1. The van der Waals surface area contributed by atoms with Crippen LogP contribution in [0.25, 0.3) is 0 Å². The number of carbonyl (C=O) groups is 1. The van der Waals surface area contributed by atoms with E-state index in [1.54, 1.807) is 0 Å². The molecular weight excluding hydrogens is 386 g/mol. The zero-order valence-electron chi connectivity index (χ0n) is 15.9. The van der Waals surface area contributed by atoms with Crippen molar-refractivity contribution in [3.63, 3.8) is 0 Å². The maximum Gasteiger partial charge on any atom is 0.232 e. The second-order valence-corrected chi connectivity index (χ2v) is 8.56. The van der Waals surface area contributed by atoms with Crippen LogP contribution in [0.3, 0.4) is 0 Å². The van der Waals surface area contributed by atoms with Crippen molar-refractivity contribution in [2.75, 3.05) is 23.7 Å². The number of hydrogen-bond acceptors (Lipinski definition) is 3. The van der Waals surface area contributed by atoms with E-state index >= 15 is 0 Å². The van der Waals surface area contributed by atoms with Gasteiger partial charge >= 0.3 is 0 Å². The predicted octanol–water partition coefficient (Wildman–Crippen LogP) is 3.43. The van der Waals surface area contributed by atoms with E-state index in [0.717, 1.165) is 28.3 Å². The van der Waals surface area contributed by atoms with Gasteiger partial charge < -0.3 is 5.32 Å². The van der Waals surface area contributed by atoms with Gasteiger partial charge in [0.25, 0.3) is 0 Å². The molecule has 2 aromatic rings. The molecule has 0 radical (unpaired) electrons. The van der Waals surface area contributed by atoms with Crippen molar-refractivity contribution >= 4 is 21.6 Å². The summed E-state index contributed by atoms with van der Waals surface area (Å²) in [5, 5.41) is 2.83. The van der Waals surface area contributed by atoms with Gasteiger partial charge in [0.05, 0.1) is 11.9 Å². The summed E-state index contributed by atoms with van der Waals surface area (Å²) >= 11 is 0. The third kappa shape index (κ3) is 6.30. The Balaban J connectivity index is 1.88. The van der Waals surface area contributed by atoms with E-state index in [9.17, 15) is 22.0 Å². The Morgan fingerprint density at radius 1 is 1.11 bits per heavy atom. The first-order chi connectivity index (χ1) is 13.2. The van der Waals surface area contributed by atoms with Gasteiger partial charge in [-0.25, -0.2) is 17.2 Å². The standard InChI is InChI=1S/C20H24F2N2O3S/c1-15(16-7-4-3-5-8-16)14-23-20(25)9-6-12-24(28(2,26)27)17-10-11-18(21)19(22)13-17/h3-5,7-8,10-11,13,15H,6,9,12,14H2,1-2H3,(H,23,25)/t15-/m1/s1. The average molecular weight is 410 g/mol. The van der Waals surface area contributed by atoms with Gasteiger partial charge in [-0.3, -0.25) is 9.10 Å². The number of benzene rings is 2. The molecule has 5 nitrogen and oxygen atoms in total. The lowest BCUT2D eigenvalue weighted by atomic mass is 10.0. The van der Waals surface area contributed by atoms with Gasteiger partial charge in [0.15, 0.2) is 11.6 Å². The number of sulfonamides is 1. The van der Waals surface area contributed by atoms with Gasteiger partial charge in [-0.2, -0.15) is 0 Å². The van der Waals surface area contributed by atoms with E-state index in [1.165, 1.54) is 6.07 Å². The zero-order valence-corrected chi connectivity index (χ0v) is 16.7. The molecule has 2 rings (SSSR count). The highest BCUT2D eigenvalue weighted by atomic mass is 32.2. The largest absolute Gasteiger partial charge is 0.356 e. The summed E-state index contributed by atoms with van der Waals surface area (Å²) in [6.45, 7) is 2.47. The van der Waals surface area contributed by atoms with Crippen LogP contribution in [0.5, 0.6) is 0 Å². The number of hydrogen-bond donors (Lipinski definition) is 1. The molecule has 28 heavy (non-hydrogen) atoms. The topological polar surface area (TPSA) is 66.5 Å². The molecule has 1 N–H and O–H groups in total. The van der Waals surface area contributed by atoms with Crippen LogP contribution in [0, 0.1) is 11.6 Å². The quantitative estimate of drug-likeness (QED) is 0.689. The summed E-state index contributed by atoms with van der Waals surface area (Å²) in [6, 6.07) is 12.7. The molecule has 0 spiro atoms. The molecule has 0 fully saturated rings. The summed E-state index contributed by atoms with van der Waals surface area (Å²) in [5.41, 5.74) is 1.14. The molecule has 8 heteroatoms. The smallest absolute Gasteiger partial charge is 0.232 e. The Labute approximate surface area is 164 Å². The predicted molar refractivity (Wildman–Crippen MR) is 106 cm³/mol. The molecule has 1 atom stereocenters. The van der Waals surface area contributed by atoms with Crippen LogP contribution < -0.4 is 9.62 Å². The molecule has 0 aliphatic rings. The van der Waals surface area contributed by atoms with E-state index in [2.05, 4.69) is 5.32 Å². The SMILES string of the molecule is C[C@H](CNC(=O)CCCN(c1ccc(F)c(F)c1)S(C)(=O)=O)c1ccccc1. The minimum Gasteiger partial charge on any atom is -0.356 e. The summed E-state index contributed by atoms with van der Waals surface area (Å²) in [4.78, 5) is 12.1. The Morgan fingerprint density at radius 2 is 1.79 bits per heavy atom. The second kappa shape index (κ2) is 9.64. The number of halogens is 2. The molecule has 0 bridgehead atoms. The highest BCUT2D eigenvalue weighted by Crippen LogP contribution is 2.21. The third-order valence-corrected chi connectivity index (χ3v) is 5.52. The van der Waals surface area contributed by atoms with Gasteiger partial charge in [-0.15, -0.1) is 0 Å². The van der Waals surface area contributed by atoms with Crippen LogP contribution in [-0.4, -0.2) is 33.7 Å². The lowest BCUT2D eigenvalue weighted by molar-refractivity contribution is -0.121. The first-order valence-corrected chi connectivity index (χ1v) is 10.8. The fourth-order valence-electron chi connectivity index (χ4n) is 2.76.